The second-order valence-electron chi connectivity index (χ2n) is 12.5. The second kappa shape index (κ2) is 17.4. The Morgan fingerprint density at radius 2 is 0.900 bits per heavy atom. The van der Waals surface area contributed by atoms with Crippen molar-refractivity contribution in [3.05, 3.63) is 152 Å². The highest BCUT2D eigenvalue weighted by atomic mass is 16.4. The number of phenols is 2. The Bertz CT molecular complexity index is 3050. The summed E-state index contributed by atoms with van der Waals surface area (Å²) in [6, 6.07) is 25.1. The standard InChI is InChI=1S/C21H14N2O6.C21H12O7.H4N2.H2O/c22-23-20(26)10-1-4-13(16(7-10)21(27)28)19-14-5-2-11(24)8-17(14)29-18-9-12(25)3-6-15(18)19;22-11-2-5-14-17(8-11)28-18-9-12(23)3-6-15(18)19(14)13-4-1-10(20(24)25)7-16(13)21(26)27;1-2;/h1-9,24H,22H2,(H,23,26)(H,27,28);1-9,22H,(H,24,25)(H,26,27);1-2H2;1H2. The minimum atomic E-state index is -1.29. The van der Waals surface area contributed by atoms with Crippen LogP contribution in [-0.2, 0) is 0 Å². The van der Waals surface area contributed by atoms with Gasteiger partial charge in [0.25, 0.3) is 5.91 Å². The largest absolute Gasteiger partial charge is 0.508 e. The number of carbonyl (C=O) groups excluding carboxylic acids is 1. The average Bonchev–Trinajstić information content (AvgIpc) is 3.21. The van der Waals surface area contributed by atoms with Crippen molar-refractivity contribution in [1.82, 2.24) is 5.43 Å². The van der Waals surface area contributed by atoms with Crippen molar-refractivity contribution >= 4 is 45.8 Å². The molecule has 0 atom stereocenters. The van der Waals surface area contributed by atoms with Gasteiger partial charge in [0.15, 0.2) is 10.9 Å². The van der Waals surface area contributed by atoms with E-state index < -0.39 is 23.8 Å². The predicted octanol–water partition coefficient (Wildman–Crippen LogP) is 4.23. The Morgan fingerprint density at radius 3 is 1.30 bits per heavy atom. The van der Waals surface area contributed by atoms with E-state index in [4.69, 9.17) is 14.7 Å². The molecule has 60 heavy (non-hydrogen) atoms. The van der Waals surface area contributed by atoms with E-state index in [1.165, 1.54) is 84.9 Å². The fraction of sp³-hybridized carbons (Fsp3) is 0. The molecule has 0 unspecified atom stereocenters. The van der Waals surface area contributed by atoms with Gasteiger partial charge in [-0.15, -0.1) is 0 Å². The molecule has 0 bridgehead atoms. The molecule has 304 valence electrons. The molecule has 0 fully saturated rings. The van der Waals surface area contributed by atoms with Crippen LogP contribution in [-0.4, -0.2) is 54.8 Å². The van der Waals surface area contributed by atoms with E-state index in [1.54, 1.807) is 18.2 Å². The number of hydrogen-bond donors (Lipinski definition) is 9. The van der Waals surface area contributed by atoms with Gasteiger partial charge >= 0.3 is 17.9 Å². The maximum atomic E-state index is 12.0. The van der Waals surface area contributed by atoms with Gasteiger partial charge in [-0.1, -0.05) is 12.1 Å². The molecule has 4 aliphatic rings. The number of phenolic OH excluding ortho intramolecular Hbond substituents is 2. The smallest absolute Gasteiger partial charge is 0.336 e. The van der Waals surface area contributed by atoms with Crippen LogP contribution in [0.25, 0.3) is 66.8 Å². The van der Waals surface area contributed by atoms with Crippen LogP contribution in [0.1, 0.15) is 41.4 Å². The van der Waals surface area contributed by atoms with Crippen LogP contribution in [0.4, 0.5) is 0 Å². The first-order chi connectivity index (χ1) is 28.2. The Labute approximate surface area is 335 Å². The number of benzene rings is 6. The first kappa shape index (κ1) is 42.7. The number of rotatable bonds is 6. The van der Waals surface area contributed by atoms with Crippen LogP contribution in [0.3, 0.4) is 0 Å². The third-order valence-corrected chi connectivity index (χ3v) is 9.03. The normalized spacial score (nSPS) is 10.5. The minimum absolute atomic E-state index is 0. The van der Waals surface area contributed by atoms with E-state index >= 15 is 0 Å². The van der Waals surface area contributed by atoms with Gasteiger partial charge in [-0.05, 0) is 83.9 Å². The zero-order valence-corrected chi connectivity index (χ0v) is 30.6. The Balaban J connectivity index is 0.000000215. The number of hydrogen-bond acceptors (Lipinski definition) is 13. The van der Waals surface area contributed by atoms with E-state index in [-0.39, 0.29) is 78.3 Å². The third-order valence-electron chi connectivity index (χ3n) is 9.03. The van der Waals surface area contributed by atoms with Crippen molar-refractivity contribution in [3.8, 4) is 56.4 Å². The van der Waals surface area contributed by atoms with Crippen molar-refractivity contribution in [3.63, 3.8) is 0 Å². The quantitative estimate of drug-likeness (QED) is 0.0490. The Morgan fingerprint density at radius 1 is 0.500 bits per heavy atom. The molecular formula is C42H32N4O14. The van der Waals surface area contributed by atoms with Gasteiger partial charge in [-0.25, -0.2) is 20.2 Å². The number of carbonyl (C=O) groups is 4. The second-order valence-corrected chi connectivity index (χ2v) is 12.5. The fourth-order valence-electron chi connectivity index (χ4n) is 6.53. The maximum absolute atomic E-state index is 12.0. The molecule has 1 amide bonds. The lowest BCUT2D eigenvalue weighted by molar-refractivity contribution is 0.0682. The molecule has 4 aromatic carbocycles. The highest BCUT2D eigenvalue weighted by molar-refractivity contribution is 6.10. The summed E-state index contributed by atoms with van der Waals surface area (Å²) in [6.45, 7) is 0. The lowest BCUT2D eigenvalue weighted by Gasteiger charge is -2.17. The number of nitrogen functional groups attached to an aromatic ring is 1. The molecule has 4 aromatic rings. The van der Waals surface area contributed by atoms with Crippen LogP contribution < -0.4 is 33.8 Å². The number of carboxylic acid groups (broad SMARTS) is 3. The SMILES string of the molecule is NN.NNC(=O)c1ccc(-c2c3ccc(=O)cc-3oc3cc(O)ccc23)c(C(=O)O)c1.O.O=C(O)c1ccc(-c2c3ccc(=O)cc-3oc3cc(O)ccc23)c(C(=O)O)c1. The summed E-state index contributed by atoms with van der Waals surface area (Å²) < 4.78 is 11.5. The molecule has 2 heterocycles. The van der Waals surface area contributed by atoms with Crippen LogP contribution in [0, 0.1) is 0 Å². The van der Waals surface area contributed by atoms with E-state index in [0.717, 1.165) is 6.07 Å². The van der Waals surface area contributed by atoms with E-state index in [0.29, 0.717) is 38.6 Å². The van der Waals surface area contributed by atoms with Crippen molar-refractivity contribution in [2.24, 2.45) is 17.5 Å². The monoisotopic (exact) mass is 816 g/mol. The molecule has 2 aliphatic heterocycles. The molecule has 0 radical (unpaired) electrons. The van der Waals surface area contributed by atoms with Crippen molar-refractivity contribution in [1.29, 1.82) is 0 Å². The van der Waals surface area contributed by atoms with Gasteiger partial charge in [0.1, 0.15) is 34.2 Å². The number of nitrogens with one attached hydrogen (secondary N) is 1. The molecule has 18 nitrogen and oxygen atoms in total. The van der Waals surface area contributed by atoms with Gasteiger partial charge in [0.05, 0.1) is 16.7 Å². The minimum Gasteiger partial charge on any atom is -0.508 e. The summed E-state index contributed by atoms with van der Waals surface area (Å²) in [4.78, 5) is 70.5. The van der Waals surface area contributed by atoms with Gasteiger partial charge < -0.3 is 39.8 Å². The Hall–Kier alpha value is -8.42. The summed E-state index contributed by atoms with van der Waals surface area (Å²) in [5.74, 6) is 9.10. The van der Waals surface area contributed by atoms with Crippen LogP contribution in [0.2, 0.25) is 0 Å². The topological polar surface area (TPSA) is 351 Å². The van der Waals surface area contributed by atoms with Gasteiger partial charge in [0, 0.05) is 62.9 Å². The lowest BCUT2D eigenvalue weighted by Crippen LogP contribution is -2.30. The van der Waals surface area contributed by atoms with Crippen molar-refractivity contribution in [2.75, 3.05) is 0 Å². The molecule has 14 N–H and O–H groups in total. The first-order valence-corrected chi connectivity index (χ1v) is 17.0. The van der Waals surface area contributed by atoms with Crippen LogP contribution in [0.15, 0.2) is 128 Å². The fourth-order valence-corrected chi connectivity index (χ4v) is 6.53. The summed E-state index contributed by atoms with van der Waals surface area (Å²) in [5, 5.41) is 49.2. The molecule has 2 aliphatic carbocycles. The zero-order chi connectivity index (χ0) is 42.7. The predicted molar refractivity (Wildman–Crippen MR) is 217 cm³/mol. The summed E-state index contributed by atoms with van der Waals surface area (Å²) in [6.07, 6.45) is 0. The highest BCUT2D eigenvalue weighted by Gasteiger charge is 2.25. The lowest BCUT2D eigenvalue weighted by atomic mass is 9.90. The molecular weight excluding hydrogens is 784 g/mol. The van der Waals surface area contributed by atoms with E-state index in [1.807, 2.05) is 5.43 Å². The van der Waals surface area contributed by atoms with Crippen LogP contribution >= 0.6 is 0 Å². The maximum Gasteiger partial charge on any atom is 0.336 e. The number of aromatic hydroxyl groups is 2. The average molecular weight is 817 g/mol. The van der Waals surface area contributed by atoms with Crippen molar-refractivity contribution in [2.45, 2.75) is 0 Å². The molecule has 0 saturated heterocycles. The number of aromatic carboxylic acids is 3. The van der Waals surface area contributed by atoms with Gasteiger partial charge in [-0.3, -0.25) is 31.5 Å². The number of carboxylic acids is 3. The van der Waals surface area contributed by atoms with Crippen LogP contribution in [0.5, 0.6) is 11.5 Å². The number of fused-ring (bicyclic) bond motifs is 4. The first-order valence-electron chi connectivity index (χ1n) is 17.0. The molecule has 0 aromatic heterocycles. The summed E-state index contributed by atoms with van der Waals surface area (Å²) in [5.41, 5.74) is 4.09. The third kappa shape index (κ3) is 8.18. The molecule has 0 spiro atoms. The molecule has 8 rings (SSSR count). The summed E-state index contributed by atoms with van der Waals surface area (Å²) in [7, 11) is 0. The number of amides is 1. The highest BCUT2D eigenvalue weighted by Crippen LogP contribution is 2.43. The zero-order valence-electron chi connectivity index (χ0n) is 30.6. The van der Waals surface area contributed by atoms with E-state index in [2.05, 4.69) is 11.7 Å². The van der Waals surface area contributed by atoms with Crippen molar-refractivity contribution < 1.29 is 59.0 Å². The molecule has 18 heteroatoms. The van der Waals surface area contributed by atoms with E-state index in [9.17, 15) is 54.3 Å². The number of nitrogens with two attached hydrogens (primary N) is 3. The summed E-state index contributed by atoms with van der Waals surface area (Å²) >= 11 is 0. The molecule has 0 saturated carbocycles. The van der Waals surface area contributed by atoms with Gasteiger partial charge in [0.2, 0.25) is 0 Å². The number of hydrazine groups is 2. The van der Waals surface area contributed by atoms with Gasteiger partial charge in [-0.2, -0.15) is 0 Å². The Kier molecular flexibility index (Phi) is 12.4.